The average Bonchev–Trinajstić information content (AvgIpc) is 2.79. The van der Waals surface area contributed by atoms with E-state index in [1.807, 2.05) is 6.92 Å². The smallest absolute Gasteiger partial charge is 0.418 e. The number of aryl methyl sites for hydroxylation is 1. The first kappa shape index (κ1) is 26.4. The number of amides is 1. The standard InChI is InChI=1S/C24H22ClF3N2O4S/c1-3-30(35(32,33)20-11-4-16(2)5-12-20)18-7-9-19(10-8-18)34-15-23(31)29-22-13-6-17(25)14-21(22)24(26,27)28/h4-14H,3,15H2,1-2H3,(H,29,31). The lowest BCUT2D eigenvalue weighted by Crippen LogP contribution is -2.30. The summed E-state index contributed by atoms with van der Waals surface area (Å²) in [4.78, 5) is 12.3. The van der Waals surface area contributed by atoms with Crippen molar-refractivity contribution in [2.45, 2.75) is 24.9 Å². The SMILES string of the molecule is CCN(c1ccc(OCC(=O)Nc2ccc(Cl)cc2C(F)(F)F)cc1)S(=O)(=O)c1ccc(C)cc1. The highest BCUT2D eigenvalue weighted by Crippen LogP contribution is 2.36. The number of nitrogens with one attached hydrogen (secondary N) is 1. The highest BCUT2D eigenvalue weighted by Gasteiger charge is 2.34. The molecule has 0 saturated carbocycles. The average molecular weight is 527 g/mol. The molecule has 0 unspecified atom stereocenters. The number of benzene rings is 3. The van der Waals surface area contributed by atoms with Gasteiger partial charge in [0, 0.05) is 11.6 Å². The molecule has 0 bridgehead atoms. The fourth-order valence-electron chi connectivity index (χ4n) is 3.23. The van der Waals surface area contributed by atoms with Crippen LogP contribution in [0, 0.1) is 6.92 Å². The van der Waals surface area contributed by atoms with E-state index in [9.17, 15) is 26.4 Å². The van der Waals surface area contributed by atoms with Crippen LogP contribution in [0.25, 0.3) is 0 Å². The number of carbonyl (C=O) groups excluding carboxylic acids is 1. The van der Waals surface area contributed by atoms with E-state index in [4.69, 9.17) is 16.3 Å². The van der Waals surface area contributed by atoms with Crippen LogP contribution in [0.3, 0.4) is 0 Å². The maximum atomic E-state index is 13.2. The van der Waals surface area contributed by atoms with Gasteiger partial charge in [-0.3, -0.25) is 9.10 Å². The van der Waals surface area contributed by atoms with Crippen LogP contribution in [0.4, 0.5) is 24.5 Å². The Morgan fingerprint density at radius 1 is 1.03 bits per heavy atom. The Morgan fingerprint density at radius 2 is 1.66 bits per heavy atom. The third-order valence-corrected chi connectivity index (χ3v) is 7.10. The molecule has 1 amide bonds. The van der Waals surface area contributed by atoms with Gasteiger partial charge in [0.05, 0.1) is 21.8 Å². The molecule has 3 rings (SSSR count). The van der Waals surface area contributed by atoms with E-state index in [0.717, 1.165) is 17.7 Å². The molecule has 35 heavy (non-hydrogen) atoms. The predicted octanol–water partition coefficient (Wildman–Crippen LogP) is 5.90. The molecule has 11 heteroatoms. The minimum atomic E-state index is -4.70. The quantitative estimate of drug-likeness (QED) is 0.396. The number of nitrogens with zero attached hydrogens (tertiary/aromatic N) is 1. The topological polar surface area (TPSA) is 75.7 Å². The van der Waals surface area contributed by atoms with Crippen LogP contribution in [-0.4, -0.2) is 27.5 Å². The van der Waals surface area contributed by atoms with Crippen molar-refractivity contribution in [3.05, 3.63) is 82.9 Å². The molecule has 0 spiro atoms. The minimum Gasteiger partial charge on any atom is -0.484 e. The first-order valence-corrected chi connectivity index (χ1v) is 12.2. The highest BCUT2D eigenvalue weighted by molar-refractivity contribution is 7.92. The van der Waals surface area contributed by atoms with E-state index in [-0.39, 0.29) is 22.2 Å². The van der Waals surface area contributed by atoms with E-state index in [2.05, 4.69) is 5.32 Å². The summed E-state index contributed by atoms with van der Waals surface area (Å²) in [5.41, 5.74) is -0.188. The summed E-state index contributed by atoms with van der Waals surface area (Å²) in [5, 5.41) is 2.05. The highest BCUT2D eigenvalue weighted by atomic mass is 35.5. The first-order valence-electron chi connectivity index (χ1n) is 10.4. The Labute approximate surface area is 206 Å². The number of sulfonamides is 1. The zero-order valence-electron chi connectivity index (χ0n) is 18.8. The van der Waals surface area contributed by atoms with Crippen LogP contribution in [0.2, 0.25) is 5.02 Å². The largest absolute Gasteiger partial charge is 0.484 e. The molecule has 6 nitrogen and oxygen atoms in total. The van der Waals surface area contributed by atoms with Crippen LogP contribution in [0.1, 0.15) is 18.1 Å². The number of rotatable bonds is 8. The second-order valence-corrected chi connectivity index (χ2v) is 9.80. The molecule has 1 N–H and O–H groups in total. The van der Waals surface area contributed by atoms with Crippen molar-refractivity contribution in [1.29, 1.82) is 0 Å². The summed E-state index contributed by atoms with van der Waals surface area (Å²) in [7, 11) is -3.79. The van der Waals surface area contributed by atoms with Crippen LogP contribution in [-0.2, 0) is 21.0 Å². The van der Waals surface area contributed by atoms with Crippen molar-refractivity contribution < 1.29 is 31.1 Å². The molecule has 0 aliphatic rings. The Balaban J connectivity index is 1.68. The van der Waals surface area contributed by atoms with E-state index in [0.29, 0.717) is 5.69 Å². The van der Waals surface area contributed by atoms with Gasteiger partial charge in [-0.1, -0.05) is 29.3 Å². The lowest BCUT2D eigenvalue weighted by Gasteiger charge is -2.23. The monoisotopic (exact) mass is 526 g/mol. The van der Waals surface area contributed by atoms with Gasteiger partial charge in [-0.05, 0) is 68.4 Å². The van der Waals surface area contributed by atoms with Gasteiger partial charge in [0.25, 0.3) is 15.9 Å². The molecule has 0 heterocycles. The van der Waals surface area contributed by atoms with Crippen molar-refractivity contribution >= 4 is 38.9 Å². The zero-order chi connectivity index (χ0) is 25.8. The molecule has 0 aliphatic carbocycles. The number of halogens is 4. The Bertz CT molecular complexity index is 1300. The van der Waals surface area contributed by atoms with Gasteiger partial charge in [-0.15, -0.1) is 0 Å². The maximum Gasteiger partial charge on any atom is 0.418 e. The zero-order valence-corrected chi connectivity index (χ0v) is 20.3. The Hall–Kier alpha value is -3.24. The lowest BCUT2D eigenvalue weighted by atomic mass is 10.1. The number of carbonyl (C=O) groups is 1. The summed E-state index contributed by atoms with van der Waals surface area (Å²) in [5.74, 6) is -0.570. The normalized spacial score (nSPS) is 11.7. The second kappa shape index (κ2) is 10.6. The molecule has 3 aromatic rings. The van der Waals surface area contributed by atoms with Crippen LogP contribution >= 0.6 is 11.6 Å². The van der Waals surface area contributed by atoms with Gasteiger partial charge in [0.1, 0.15) is 5.75 Å². The van der Waals surface area contributed by atoms with Gasteiger partial charge < -0.3 is 10.1 Å². The fraction of sp³-hybridized carbons (Fsp3) is 0.208. The summed E-state index contributed by atoms with van der Waals surface area (Å²) >= 11 is 5.64. The van der Waals surface area contributed by atoms with Crippen molar-refractivity contribution in [2.75, 3.05) is 22.8 Å². The van der Waals surface area contributed by atoms with Gasteiger partial charge in [-0.2, -0.15) is 13.2 Å². The third kappa shape index (κ3) is 6.46. The van der Waals surface area contributed by atoms with Crippen molar-refractivity contribution in [2.24, 2.45) is 0 Å². The molecule has 186 valence electrons. The molecule has 0 atom stereocenters. The van der Waals surface area contributed by atoms with E-state index in [1.165, 1.54) is 46.8 Å². The molecular formula is C24H22ClF3N2O4S. The molecule has 0 aliphatic heterocycles. The van der Waals surface area contributed by atoms with Gasteiger partial charge >= 0.3 is 6.18 Å². The Kier molecular flexibility index (Phi) is 7.97. The molecular weight excluding hydrogens is 505 g/mol. The van der Waals surface area contributed by atoms with Gasteiger partial charge in [0.2, 0.25) is 0 Å². The first-order chi connectivity index (χ1) is 16.4. The molecule has 3 aromatic carbocycles. The fourth-order valence-corrected chi connectivity index (χ4v) is 4.88. The van der Waals surface area contributed by atoms with Crippen LogP contribution < -0.4 is 14.4 Å². The maximum absolute atomic E-state index is 13.2. The van der Waals surface area contributed by atoms with Gasteiger partial charge in [0.15, 0.2) is 6.61 Å². The molecule has 0 fully saturated rings. The molecule has 0 saturated heterocycles. The Morgan fingerprint density at radius 3 is 2.23 bits per heavy atom. The second-order valence-electron chi connectivity index (χ2n) is 7.50. The summed E-state index contributed by atoms with van der Waals surface area (Å²) in [6.45, 7) is 3.18. The number of anilines is 2. The number of ether oxygens (including phenoxy) is 1. The predicted molar refractivity (Wildman–Crippen MR) is 128 cm³/mol. The third-order valence-electron chi connectivity index (χ3n) is 4.95. The summed E-state index contributed by atoms with van der Waals surface area (Å²) in [6.07, 6.45) is -4.70. The minimum absolute atomic E-state index is 0.114. The van der Waals surface area contributed by atoms with E-state index >= 15 is 0 Å². The van der Waals surface area contributed by atoms with Crippen LogP contribution in [0.15, 0.2) is 71.6 Å². The number of hydrogen-bond acceptors (Lipinski definition) is 4. The van der Waals surface area contributed by atoms with Crippen molar-refractivity contribution in [1.82, 2.24) is 0 Å². The number of alkyl halides is 3. The molecule has 0 radical (unpaired) electrons. The van der Waals surface area contributed by atoms with Crippen LogP contribution in [0.5, 0.6) is 5.75 Å². The summed E-state index contributed by atoms with van der Waals surface area (Å²) < 4.78 is 72.2. The van der Waals surface area contributed by atoms with Crippen molar-refractivity contribution in [3.63, 3.8) is 0 Å². The van der Waals surface area contributed by atoms with Gasteiger partial charge in [-0.25, -0.2) is 8.42 Å². The lowest BCUT2D eigenvalue weighted by molar-refractivity contribution is -0.137. The van der Waals surface area contributed by atoms with E-state index in [1.54, 1.807) is 19.1 Å². The van der Waals surface area contributed by atoms with E-state index < -0.39 is 40.0 Å². The van der Waals surface area contributed by atoms with Crippen molar-refractivity contribution in [3.8, 4) is 5.75 Å². The number of hydrogen-bond donors (Lipinski definition) is 1. The molecule has 0 aromatic heterocycles. The summed E-state index contributed by atoms with van der Waals surface area (Å²) in [6, 6.07) is 15.5.